The van der Waals surface area contributed by atoms with Crippen molar-refractivity contribution in [1.82, 2.24) is 4.98 Å². The highest BCUT2D eigenvalue weighted by Gasteiger charge is 2.38. The van der Waals surface area contributed by atoms with Gasteiger partial charge >= 0.3 is 12.5 Å². The van der Waals surface area contributed by atoms with Crippen LogP contribution in [0.3, 0.4) is 0 Å². The van der Waals surface area contributed by atoms with Gasteiger partial charge in [0, 0.05) is 23.2 Å². The second kappa shape index (κ2) is 11.3. The molecule has 3 rings (SSSR count). The third-order valence-electron chi connectivity index (χ3n) is 5.02. The van der Waals surface area contributed by atoms with Crippen LogP contribution >= 0.6 is 0 Å². The molecule has 8 nitrogen and oxygen atoms in total. The number of alkyl halides is 6. The molecule has 0 saturated carbocycles. The predicted octanol–water partition coefficient (Wildman–Crippen LogP) is 2.48. The SMILES string of the molecule is BC(B)(B)Oc1cc(OC(F)(F)F)ccc1Oc1ccc(C(F)(F)F)c(F)c1C(=O)Nc1cc(C(N)=O)ncc1C. The fraction of sp³-hybridized carbons (Fsp3) is 0.174. The third-order valence-corrected chi connectivity index (χ3v) is 5.02. The number of nitrogens with zero attached hydrogens (tertiary/aromatic N) is 1. The minimum atomic E-state index is -5.21. The first-order chi connectivity index (χ1) is 18.7. The van der Waals surface area contributed by atoms with E-state index in [0.717, 1.165) is 30.5 Å². The number of nitrogens with one attached hydrogen (secondary N) is 1. The van der Waals surface area contributed by atoms with E-state index in [1.54, 1.807) is 23.5 Å². The molecule has 1 heterocycles. The van der Waals surface area contributed by atoms with Crippen molar-refractivity contribution in [2.24, 2.45) is 5.73 Å². The van der Waals surface area contributed by atoms with Gasteiger partial charge in [-0.3, -0.25) is 14.6 Å². The Balaban J connectivity index is 2.14. The molecule has 0 saturated heterocycles. The van der Waals surface area contributed by atoms with Gasteiger partial charge in [-0.05, 0) is 42.8 Å². The number of hydrogen-bond acceptors (Lipinski definition) is 6. The molecule has 0 fully saturated rings. The molecule has 0 unspecified atom stereocenters. The summed E-state index contributed by atoms with van der Waals surface area (Å²) in [6.07, 6.45) is -9.11. The molecule has 0 radical (unpaired) electrons. The van der Waals surface area contributed by atoms with Gasteiger partial charge in [0.25, 0.3) is 11.8 Å². The number of ether oxygens (including phenoxy) is 3. The van der Waals surface area contributed by atoms with Gasteiger partial charge in [-0.2, -0.15) is 13.2 Å². The Morgan fingerprint density at radius 1 is 0.927 bits per heavy atom. The molecule has 0 bridgehead atoms. The van der Waals surface area contributed by atoms with E-state index < -0.39 is 58.1 Å². The average molecular weight is 583 g/mol. The zero-order chi connectivity index (χ0) is 30.9. The molecule has 18 heteroatoms. The van der Waals surface area contributed by atoms with Crippen LogP contribution in [0.5, 0.6) is 23.0 Å². The summed E-state index contributed by atoms with van der Waals surface area (Å²) in [4.78, 5) is 28.4. The van der Waals surface area contributed by atoms with Gasteiger partial charge in [-0.1, -0.05) is 0 Å². The molecule has 0 aliphatic carbocycles. The topological polar surface area (TPSA) is 113 Å². The fourth-order valence-corrected chi connectivity index (χ4v) is 3.35. The number of aromatic nitrogens is 1. The lowest BCUT2D eigenvalue weighted by Crippen LogP contribution is -2.37. The van der Waals surface area contributed by atoms with Crippen LogP contribution in [0.15, 0.2) is 42.6 Å². The first-order valence-electron chi connectivity index (χ1n) is 11.5. The number of hydrogen-bond donors (Lipinski definition) is 2. The van der Waals surface area contributed by atoms with E-state index in [9.17, 15) is 35.9 Å². The third kappa shape index (κ3) is 8.08. The van der Waals surface area contributed by atoms with Gasteiger partial charge < -0.3 is 25.3 Å². The summed E-state index contributed by atoms with van der Waals surface area (Å²) in [6, 6.07) is 4.60. The molecule has 0 aliphatic rings. The molecule has 0 spiro atoms. The quantitative estimate of drug-likeness (QED) is 0.312. The highest BCUT2D eigenvalue weighted by molar-refractivity contribution is 6.58. The van der Waals surface area contributed by atoms with Crippen molar-refractivity contribution in [3.8, 4) is 23.0 Å². The van der Waals surface area contributed by atoms with Crippen LogP contribution in [-0.2, 0) is 6.18 Å². The lowest BCUT2D eigenvalue weighted by Gasteiger charge is -2.25. The van der Waals surface area contributed by atoms with Crippen LogP contribution in [0.4, 0.5) is 36.4 Å². The van der Waals surface area contributed by atoms with Crippen molar-refractivity contribution < 1.29 is 54.5 Å². The van der Waals surface area contributed by atoms with E-state index in [2.05, 4.69) is 15.0 Å². The number of aryl methyl sites for hydroxylation is 1. The monoisotopic (exact) mass is 583 g/mol. The Kier molecular flexibility index (Phi) is 8.55. The number of rotatable bonds is 8. The standard InChI is InChI=1S/C23H19B3F7N3O5/c1-9-8-35-13(19(34)37)7-12(9)36-20(38)17-15(5-3-11(18(17)27)21(28,29)30)39-14-4-2-10(40-23(31,32)33)6-16(14)41-22(24,25)26/h2-8H,24-26H2,1H3,(H2,34,37)(H,35,36,38). The smallest absolute Gasteiger partial charge is 0.510 e. The lowest BCUT2D eigenvalue weighted by atomic mass is 9.52. The van der Waals surface area contributed by atoms with E-state index in [0.29, 0.717) is 12.1 Å². The Bertz CT molecular complexity index is 1500. The zero-order valence-electron chi connectivity index (χ0n) is 21.8. The van der Waals surface area contributed by atoms with Crippen molar-refractivity contribution in [2.45, 2.75) is 24.8 Å². The second-order valence-corrected chi connectivity index (χ2v) is 9.47. The average Bonchev–Trinajstić information content (AvgIpc) is 2.79. The summed E-state index contributed by atoms with van der Waals surface area (Å²) in [6.45, 7) is 1.44. The molecule has 1 aromatic heterocycles. The lowest BCUT2D eigenvalue weighted by molar-refractivity contribution is -0.274. The van der Waals surface area contributed by atoms with Gasteiger partial charge in [0.2, 0.25) is 0 Å². The number of carbonyl (C=O) groups is 2. The molecule has 214 valence electrons. The van der Waals surface area contributed by atoms with E-state index in [4.69, 9.17) is 15.2 Å². The Hall–Kier alpha value is -4.37. The fourth-order valence-electron chi connectivity index (χ4n) is 3.35. The van der Waals surface area contributed by atoms with Gasteiger partial charge in [-0.25, -0.2) is 4.39 Å². The first-order valence-corrected chi connectivity index (χ1v) is 11.5. The molecule has 3 N–H and O–H groups in total. The van der Waals surface area contributed by atoms with Gasteiger partial charge in [0.1, 0.15) is 46.3 Å². The summed E-state index contributed by atoms with van der Waals surface area (Å²) < 4.78 is 109. The van der Waals surface area contributed by atoms with Gasteiger partial charge in [-0.15, -0.1) is 13.2 Å². The second-order valence-electron chi connectivity index (χ2n) is 9.47. The van der Waals surface area contributed by atoms with Crippen LogP contribution in [0.2, 0.25) is 0 Å². The van der Waals surface area contributed by atoms with Crippen molar-refractivity contribution in [2.75, 3.05) is 5.32 Å². The van der Waals surface area contributed by atoms with E-state index >= 15 is 4.39 Å². The highest BCUT2D eigenvalue weighted by atomic mass is 19.4. The van der Waals surface area contributed by atoms with E-state index in [1.807, 2.05) is 0 Å². The van der Waals surface area contributed by atoms with Crippen LogP contribution in [0, 0.1) is 12.7 Å². The number of halogens is 7. The molecule has 0 aliphatic heterocycles. The van der Waals surface area contributed by atoms with Crippen LogP contribution < -0.4 is 25.3 Å². The number of carbonyl (C=O) groups excluding carboxylic acids is 2. The number of amides is 2. The Morgan fingerprint density at radius 2 is 1.56 bits per heavy atom. The molecular weight excluding hydrogens is 564 g/mol. The largest absolute Gasteiger partial charge is 0.573 e. The number of benzene rings is 2. The normalized spacial score (nSPS) is 12.0. The first kappa shape index (κ1) is 31.2. The van der Waals surface area contributed by atoms with Gasteiger partial charge in [0.05, 0.1) is 5.56 Å². The summed E-state index contributed by atoms with van der Waals surface area (Å²) in [5.41, 5.74) is 2.02. The van der Waals surface area contributed by atoms with Crippen molar-refractivity contribution in [1.29, 1.82) is 0 Å². The summed E-state index contributed by atoms with van der Waals surface area (Å²) in [5, 5.41) is 1.19. The number of anilines is 1. The Morgan fingerprint density at radius 3 is 2.12 bits per heavy atom. The van der Waals surface area contributed by atoms with Crippen molar-refractivity contribution in [3.63, 3.8) is 0 Å². The number of primary amides is 1. The number of nitrogens with two attached hydrogens (primary N) is 1. The maximum absolute atomic E-state index is 15.3. The van der Waals surface area contributed by atoms with Crippen LogP contribution in [-0.4, -0.2) is 52.0 Å². The minimum absolute atomic E-state index is 0.119. The maximum Gasteiger partial charge on any atom is 0.573 e. The predicted molar refractivity (Wildman–Crippen MR) is 139 cm³/mol. The summed E-state index contributed by atoms with van der Waals surface area (Å²) in [7, 11) is 4.63. The van der Waals surface area contributed by atoms with Crippen molar-refractivity contribution >= 4 is 41.0 Å². The molecule has 0 atom stereocenters. The zero-order valence-corrected chi connectivity index (χ0v) is 21.8. The van der Waals surface area contributed by atoms with E-state index in [-0.39, 0.29) is 28.4 Å². The molecular formula is C23H19B3F7N3O5. The van der Waals surface area contributed by atoms with E-state index in [1.165, 1.54) is 6.92 Å². The molecule has 2 aromatic carbocycles. The molecule has 2 amide bonds. The van der Waals surface area contributed by atoms with Crippen LogP contribution in [0.1, 0.15) is 32.0 Å². The summed E-state index contributed by atoms with van der Waals surface area (Å²) >= 11 is 0. The Labute approximate surface area is 230 Å². The molecule has 41 heavy (non-hydrogen) atoms. The minimum Gasteiger partial charge on any atom is -0.510 e. The molecule has 3 aromatic rings. The highest BCUT2D eigenvalue weighted by Crippen LogP contribution is 2.41. The maximum atomic E-state index is 15.3. The number of pyridine rings is 1. The van der Waals surface area contributed by atoms with Gasteiger partial charge in [0.15, 0.2) is 17.3 Å². The van der Waals surface area contributed by atoms with Crippen LogP contribution in [0.25, 0.3) is 0 Å². The van der Waals surface area contributed by atoms with Crippen molar-refractivity contribution in [3.05, 3.63) is 70.8 Å². The summed E-state index contributed by atoms with van der Waals surface area (Å²) in [5.74, 6) is -6.56.